The van der Waals surface area contributed by atoms with Crippen molar-refractivity contribution in [1.29, 1.82) is 0 Å². The highest BCUT2D eigenvalue weighted by molar-refractivity contribution is 6.62. The minimum absolute atomic E-state index is 0.225. The largest absolute Gasteiger partial charge is 0.505 e. The summed E-state index contributed by atoms with van der Waals surface area (Å²) in [6, 6.07) is 0. The molecule has 0 saturated heterocycles. The van der Waals surface area contributed by atoms with Crippen LogP contribution in [0.2, 0.25) is 5.54 Å². The molecule has 0 aromatic rings. The van der Waals surface area contributed by atoms with Crippen LogP contribution >= 0.6 is 0 Å². The minimum Gasteiger partial charge on any atom is -0.377 e. The van der Waals surface area contributed by atoms with E-state index in [1.807, 2.05) is 6.21 Å². The zero-order valence-corrected chi connectivity index (χ0v) is 12.3. The van der Waals surface area contributed by atoms with Gasteiger partial charge in [-0.15, -0.1) is 0 Å². The summed E-state index contributed by atoms with van der Waals surface area (Å²) >= 11 is 0. The van der Waals surface area contributed by atoms with Crippen molar-refractivity contribution in [1.82, 2.24) is 0 Å². The molecule has 0 aromatic carbocycles. The van der Waals surface area contributed by atoms with Crippen molar-refractivity contribution in [3.05, 3.63) is 0 Å². The van der Waals surface area contributed by atoms with E-state index in [-0.39, 0.29) is 5.54 Å². The third kappa shape index (κ3) is 4.33. The Morgan fingerprint density at radius 2 is 1.62 bits per heavy atom. The molecule has 0 aliphatic heterocycles. The molecule has 0 fully saturated rings. The predicted octanol–water partition coefficient (Wildman–Crippen LogP) is 2.37. The van der Waals surface area contributed by atoms with Crippen molar-refractivity contribution in [2.75, 3.05) is 27.9 Å². The number of aliphatic imine (C=N–C) groups is 1. The van der Waals surface area contributed by atoms with Gasteiger partial charge in [-0.3, -0.25) is 4.99 Å². The molecule has 0 rings (SSSR count). The van der Waals surface area contributed by atoms with Crippen LogP contribution in [0.15, 0.2) is 4.99 Å². The minimum atomic E-state index is -2.53. The first-order chi connectivity index (χ1) is 7.56. The number of nitrogens with zero attached hydrogens (tertiary/aromatic N) is 1. The van der Waals surface area contributed by atoms with E-state index >= 15 is 0 Å². The second kappa shape index (κ2) is 7.95. The lowest BCUT2D eigenvalue weighted by Gasteiger charge is -2.30. The highest BCUT2D eigenvalue weighted by Gasteiger charge is 2.46. The van der Waals surface area contributed by atoms with Crippen LogP contribution in [0, 0.1) is 5.92 Å². The van der Waals surface area contributed by atoms with Crippen LogP contribution in [0.4, 0.5) is 0 Å². The van der Waals surface area contributed by atoms with E-state index < -0.39 is 8.80 Å². The SMILES string of the molecule is CCC(CN=CC(C)C)[Si](OC)(OC)OC. The van der Waals surface area contributed by atoms with E-state index in [9.17, 15) is 0 Å². The van der Waals surface area contributed by atoms with Crippen LogP contribution in [0.5, 0.6) is 0 Å². The Balaban J connectivity index is 4.55. The standard InChI is InChI=1S/C11H25NO3Si/c1-7-11(9-12-8-10(2)3)16(13-4,14-5)15-6/h8,10-11H,7,9H2,1-6H3. The maximum atomic E-state index is 5.47. The Hall–Kier alpha value is -0.233. The first-order valence-electron chi connectivity index (χ1n) is 5.71. The normalized spacial score (nSPS) is 14.9. The summed E-state index contributed by atoms with van der Waals surface area (Å²) in [6.07, 6.45) is 2.90. The van der Waals surface area contributed by atoms with E-state index in [1.54, 1.807) is 21.3 Å². The van der Waals surface area contributed by atoms with Crippen LogP contribution in [0.25, 0.3) is 0 Å². The molecule has 0 N–H and O–H groups in total. The second-order valence-electron chi connectivity index (χ2n) is 4.08. The molecule has 0 spiro atoms. The van der Waals surface area contributed by atoms with Crippen molar-refractivity contribution in [2.45, 2.75) is 32.7 Å². The summed E-state index contributed by atoms with van der Waals surface area (Å²) in [6.45, 7) is 7.03. The van der Waals surface area contributed by atoms with Crippen LogP contribution in [0.1, 0.15) is 27.2 Å². The summed E-state index contributed by atoms with van der Waals surface area (Å²) in [4.78, 5) is 4.42. The quantitative estimate of drug-likeness (QED) is 0.488. The topological polar surface area (TPSA) is 40.0 Å². The van der Waals surface area contributed by atoms with Gasteiger partial charge >= 0.3 is 8.80 Å². The fourth-order valence-corrected chi connectivity index (χ4v) is 3.97. The molecule has 16 heavy (non-hydrogen) atoms. The summed E-state index contributed by atoms with van der Waals surface area (Å²) in [7, 11) is 2.41. The molecule has 0 heterocycles. The van der Waals surface area contributed by atoms with Crippen LogP contribution in [-0.2, 0) is 13.3 Å². The van der Waals surface area contributed by atoms with Crippen molar-refractivity contribution in [3.8, 4) is 0 Å². The van der Waals surface area contributed by atoms with Gasteiger partial charge in [0.25, 0.3) is 0 Å². The van der Waals surface area contributed by atoms with E-state index in [0.717, 1.165) is 6.42 Å². The summed E-state index contributed by atoms with van der Waals surface area (Å²) in [5.74, 6) is 0.473. The summed E-state index contributed by atoms with van der Waals surface area (Å²) in [5, 5.41) is 0. The van der Waals surface area contributed by atoms with Gasteiger partial charge in [0.1, 0.15) is 0 Å². The highest BCUT2D eigenvalue weighted by atomic mass is 28.4. The molecule has 4 nitrogen and oxygen atoms in total. The second-order valence-corrected chi connectivity index (χ2v) is 7.33. The molecule has 0 aliphatic carbocycles. The van der Waals surface area contributed by atoms with E-state index in [2.05, 4.69) is 25.8 Å². The maximum absolute atomic E-state index is 5.47. The number of hydrogen-bond donors (Lipinski definition) is 0. The molecular weight excluding hydrogens is 222 g/mol. The van der Waals surface area contributed by atoms with E-state index in [1.165, 1.54) is 0 Å². The fourth-order valence-electron chi connectivity index (χ4n) is 1.64. The van der Waals surface area contributed by atoms with Gasteiger partial charge in [0.2, 0.25) is 0 Å². The van der Waals surface area contributed by atoms with Gasteiger partial charge in [0.05, 0.1) is 0 Å². The lowest BCUT2D eigenvalue weighted by molar-refractivity contribution is 0.111. The van der Waals surface area contributed by atoms with E-state index in [4.69, 9.17) is 13.3 Å². The van der Waals surface area contributed by atoms with Crippen molar-refractivity contribution in [2.24, 2.45) is 10.9 Å². The molecule has 0 saturated carbocycles. The molecule has 1 unspecified atom stereocenters. The summed E-state index contributed by atoms with van der Waals surface area (Å²) < 4.78 is 16.4. The first-order valence-corrected chi connectivity index (χ1v) is 7.51. The van der Waals surface area contributed by atoms with Crippen molar-refractivity contribution in [3.63, 3.8) is 0 Å². The van der Waals surface area contributed by atoms with Gasteiger partial charge < -0.3 is 13.3 Å². The molecular formula is C11H25NO3Si. The van der Waals surface area contributed by atoms with Gasteiger partial charge in [0, 0.05) is 39.6 Å². The van der Waals surface area contributed by atoms with Crippen molar-refractivity contribution >= 4 is 15.0 Å². The Morgan fingerprint density at radius 3 is 1.94 bits per heavy atom. The zero-order valence-electron chi connectivity index (χ0n) is 11.3. The fraction of sp³-hybridized carbons (Fsp3) is 0.909. The molecule has 96 valence electrons. The van der Waals surface area contributed by atoms with Crippen LogP contribution in [0.3, 0.4) is 0 Å². The Morgan fingerprint density at radius 1 is 1.12 bits per heavy atom. The molecule has 0 amide bonds. The Labute approximate surface area is 100 Å². The van der Waals surface area contributed by atoms with Crippen molar-refractivity contribution < 1.29 is 13.3 Å². The number of hydrogen-bond acceptors (Lipinski definition) is 4. The lowest BCUT2D eigenvalue weighted by atomic mass is 10.2. The zero-order chi connectivity index (χ0) is 12.6. The van der Waals surface area contributed by atoms with Crippen LogP contribution in [-0.4, -0.2) is 42.9 Å². The van der Waals surface area contributed by atoms with Gasteiger partial charge in [-0.1, -0.05) is 20.8 Å². The van der Waals surface area contributed by atoms with Gasteiger partial charge in [0.15, 0.2) is 0 Å². The third-order valence-electron chi connectivity index (χ3n) is 2.58. The van der Waals surface area contributed by atoms with Crippen LogP contribution < -0.4 is 0 Å². The molecule has 1 atom stereocenters. The molecule has 0 aromatic heterocycles. The molecule has 0 radical (unpaired) electrons. The highest BCUT2D eigenvalue weighted by Crippen LogP contribution is 2.27. The van der Waals surface area contributed by atoms with Gasteiger partial charge in [-0.05, 0) is 12.3 Å². The van der Waals surface area contributed by atoms with E-state index in [0.29, 0.717) is 12.5 Å². The smallest absolute Gasteiger partial charge is 0.377 e. The average Bonchev–Trinajstić information content (AvgIpc) is 2.29. The summed E-state index contributed by atoms with van der Waals surface area (Å²) in [5.41, 5.74) is 0.225. The monoisotopic (exact) mass is 247 g/mol. The maximum Gasteiger partial charge on any atom is 0.505 e. The average molecular weight is 247 g/mol. The first kappa shape index (κ1) is 15.8. The molecule has 5 heteroatoms. The predicted molar refractivity (Wildman–Crippen MR) is 69.0 cm³/mol. The van der Waals surface area contributed by atoms with Gasteiger partial charge in [-0.25, -0.2) is 0 Å². The molecule has 0 bridgehead atoms. The number of rotatable bonds is 8. The Kier molecular flexibility index (Phi) is 7.83. The molecule has 0 aliphatic rings. The third-order valence-corrected chi connectivity index (χ3v) is 5.87. The van der Waals surface area contributed by atoms with Gasteiger partial charge in [-0.2, -0.15) is 0 Å². The Bertz CT molecular complexity index is 197. The lowest BCUT2D eigenvalue weighted by Crippen LogP contribution is -2.48.